The zero-order valence-electron chi connectivity index (χ0n) is 6.67. The number of hydrogen-bond donors (Lipinski definition) is 1. The summed E-state index contributed by atoms with van der Waals surface area (Å²) in [6.45, 7) is 0.967. The molecule has 0 spiro atoms. The van der Waals surface area contributed by atoms with E-state index in [4.69, 9.17) is 5.26 Å². The number of nitrogens with one attached hydrogen (secondary N) is 1. The highest BCUT2D eigenvalue weighted by Crippen LogP contribution is 2.18. The highest BCUT2D eigenvalue weighted by molar-refractivity contribution is 5.48. The van der Waals surface area contributed by atoms with Gasteiger partial charge in [-0.05, 0) is 24.5 Å². The zero-order chi connectivity index (χ0) is 8.39. The van der Waals surface area contributed by atoms with Gasteiger partial charge in [0.25, 0.3) is 0 Å². The average molecular weight is 159 g/mol. The first kappa shape index (κ1) is 7.11. The molecule has 3 nitrogen and oxygen atoms in total. The van der Waals surface area contributed by atoms with Gasteiger partial charge in [-0.25, -0.2) is 4.98 Å². The Morgan fingerprint density at radius 2 is 2.42 bits per heavy atom. The number of hydrogen-bond acceptors (Lipinski definition) is 3. The van der Waals surface area contributed by atoms with Crippen LogP contribution in [0.15, 0.2) is 12.1 Å². The van der Waals surface area contributed by atoms with Crippen LogP contribution >= 0.6 is 0 Å². The molecule has 2 rings (SSSR count). The van der Waals surface area contributed by atoms with Crippen molar-refractivity contribution in [2.45, 2.75) is 12.8 Å². The minimum absolute atomic E-state index is 0.489. The maximum atomic E-state index is 8.60. The van der Waals surface area contributed by atoms with Crippen molar-refractivity contribution in [1.82, 2.24) is 4.98 Å². The number of pyridine rings is 1. The van der Waals surface area contributed by atoms with E-state index in [9.17, 15) is 0 Å². The predicted molar refractivity (Wildman–Crippen MR) is 45.8 cm³/mol. The normalized spacial score (nSPS) is 14.2. The molecule has 0 radical (unpaired) electrons. The number of anilines is 1. The second kappa shape index (κ2) is 2.82. The molecule has 1 aromatic rings. The Hall–Kier alpha value is -1.56. The van der Waals surface area contributed by atoms with Crippen molar-refractivity contribution in [3.05, 3.63) is 23.4 Å². The summed E-state index contributed by atoms with van der Waals surface area (Å²) in [6, 6.07) is 5.77. The molecule has 1 aliphatic heterocycles. The molecule has 60 valence electrons. The largest absolute Gasteiger partial charge is 0.370 e. The summed E-state index contributed by atoms with van der Waals surface area (Å²) in [5.74, 6) is 0.889. The van der Waals surface area contributed by atoms with E-state index >= 15 is 0 Å². The first-order chi connectivity index (χ1) is 5.90. The second-order valence-corrected chi connectivity index (χ2v) is 2.85. The third-order valence-electron chi connectivity index (χ3n) is 2.01. The maximum absolute atomic E-state index is 8.60. The second-order valence-electron chi connectivity index (χ2n) is 2.85. The van der Waals surface area contributed by atoms with Crippen LogP contribution < -0.4 is 5.32 Å². The fourth-order valence-corrected chi connectivity index (χ4v) is 1.39. The molecular formula is C9H9N3. The van der Waals surface area contributed by atoms with Crippen LogP contribution in [0.2, 0.25) is 0 Å². The van der Waals surface area contributed by atoms with E-state index in [-0.39, 0.29) is 0 Å². The standard InChI is InChI=1S/C9H9N3/c10-6-8-4-3-7-2-1-5-11-9(7)12-8/h3-4H,1-2,5H2,(H,11,12). The highest BCUT2D eigenvalue weighted by atomic mass is 15.0. The summed E-state index contributed by atoms with van der Waals surface area (Å²) in [4.78, 5) is 4.16. The fraction of sp³-hybridized carbons (Fsp3) is 0.333. The summed E-state index contributed by atoms with van der Waals surface area (Å²) in [6.07, 6.45) is 2.22. The Morgan fingerprint density at radius 3 is 3.25 bits per heavy atom. The fourth-order valence-electron chi connectivity index (χ4n) is 1.39. The SMILES string of the molecule is N#Cc1ccc2c(n1)NCCC2. The molecule has 2 heterocycles. The van der Waals surface area contributed by atoms with Gasteiger partial charge < -0.3 is 5.32 Å². The summed E-state index contributed by atoms with van der Waals surface area (Å²) < 4.78 is 0. The van der Waals surface area contributed by atoms with Crippen LogP contribution in [0.1, 0.15) is 17.7 Å². The van der Waals surface area contributed by atoms with E-state index in [1.54, 1.807) is 6.07 Å². The number of fused-ring (bicyclic) bond motifs is 1. The molecule has 1 N–H and O–H groups in total. The first-order valence-corrected chi connectivity index (χ1v) is 4.04. The Labute approximate surface area is 71.0 Å². The lowest BCUT2D eigenvalue weighted by molar-refractivity contribution is 0.816. The van der Waals surface area contributed by atoms with Gasteiger partial charge in [0.1, 0.15) is 17.6 Å². The van der Waals surface area contributed by atoms with Crippen molar-refractivity contribution in [1.29, 1.82) is 5.26 Å². The summed E-state index contributed by atoms with van der Waals surface area (Å²) in [7, 11) is 0. The van der Waals surface area contributed by atoms with Gasteiger partial charge in [0.2, 0.25) is 0 Å². The molecule has 3 heteroatoms. The lowest BCUT2D eigenvalue weighted by Crippen LogP contribution is -2.13. The molecule has 0 bridgehead atoms. The maximum Gasteiger partial charge on any atom is 0.142 e. The van der Waals surface area contributed by atoms with Crippen molar-refractivity contribution in [3.8, 4) is 6.07 Å². The lowest BCUT2D eigenvalue weighted by atomic mass is 10.1. The van der Waals surface area contributed by atoms with Crippen molar-refractivity contribution in [2.24, 2.45) is 0 Å². The Bertz CT molecular complexity index is 338. The van der Waals surface area contributed by atoms with Gasteiger partial charge in [-0.15, -0.1) is 0 Å². The van der Waals surface area contributed by atoms with E-state index < -0.39 is 0 Å². The van der Waals surface area contributed by atoms with Gasteiger partial charge in [-0.3, -0.25) is 0 Å². The van der Waals surface area contributed by atoms with Gasteiger partial charge in [-0.2, -0.15) is 5.26 Å². The predicted octanol–water partition coefficient (Wildman–Crippen LogP) is 1.31. The summed E-state index contributed by atoms with van der Waals surface area (Å²) in [5.41, 5.74) is 1.71. The molecule has 0 aliphatic carbocycles. The van der Waals surface area contributed by atoms with Crippen LogP contribution in [0.25, 0.3) is 0 Å². The van der Waals surface area contributed by atoms with E-state index in [0.717, 1.165) is 25.2 Å². The molecule has 0 atom stereocenters. The topological polar surface area (TPSA) is 48.7 Å². The highest BCUT2D eigenvalue weighted by Gasteiger charge is 2.09. The monoisotopic (exact) mass is 159 g/mol. The quantitative estimate of drug-likeness (QED) is 0.621. The number of nitriles is 1. The van der Waals surface area contributed by atoms with Crippen molar-refractivity contribution in [2.75, 3.05) is 11.9 Å². The molecule has 0 saturated carbocycles. The lowest BCUT2D eigenvalue weighted by Gasteiger charge is -2.15. The van der Waals surface area contributed by atoms with E-state index in [2.05, 4.69) is 10.3 Å². The molecule has 0 fully saturated rings. The molecule has 0 saturated heterocycles. The Balaban J connectivity index is 2.44. The van der Waals surface area contributed by atoms with Crippen molar-refractivity contribution < 1.29 is 0 Å². The number of aromatic nitrogens is 1. The van der Waals surface area contributed by atoms with Crippen LogP contribution in [0.3, 0.4) is 0 Å². The van der Waals surface area contributed by atoms with Gasteiger partial charge in [0.15, 0.2) is 0 Å². The van der Waals surface area contributed by atoms with E-state index in [1.807, 2.05) is 12.1 Å². The Morgan fingerprint density at radius 1 is 1.50 bits per heavy atom. The molecule has 0 amide bonds. The van der Waals surface area contributed by atoms with E-state index in [0.29, 0.717) is 5.69 Å². The third-order valence-corrected chi connectivity index (χ3v) is 2.01. The summed E-state index contributed by atoms with van der Waals surface area (Å²) >= 11 is 0. The van der Waals surface area contributed by atoms with Crippen molar-refractivity contribution >= 4 is 5.82 Å². The van der Waals surface area contributed by atoms with Gasteiger partial charge >= 0.3 is 0 Å². The summed E-state index contributed by atoms with van der Waals surface area (Å²) in [5, 5.41) is 11.8. The molecule has 1 aromatic heterocycles. The van der Waals surface area contributed by atoms with Crippen LogP contribution in [0.5, 0.6) is 0 Å². The minimum Gasteiger partial charge on any atom is -0.370 e. The van der Waals surface area contributed by atoms with Gasteiger partial charge in [-0.1, -0.05) is 6.07 Å². The third kappa shape index (κ3) is 1.12. The molecule has 0 unspecified atom stereocenters. The van der Waals surface area contributed by atoms with Crippen LogP contribution in [-0.2, 0) is 6.42 Å². The first-order valence-electron chi connectivity index (χ1n) is 4.04. The van der Waals surface area contributed by atoms with Crippen LogP contribution in [-0.4, -0.2) is 11.5 Å². The van der Waals surface area contributed by atoms with Gasteiger partial charge in [0, 0.05) is 6.54 Å². The molecular weight excluding hydrogens is 150 g/mol. The molecule has 12 heavy (non-hydrogen) atoms. The van der Waals surface area contributed by atoms with E-state index in [1.165, 1.54) is 5.56 Å². The van der Waals surface area contributed by atoms with Gasteiger partial charge in [0.05, 0.1) is 0 Å². The average Bonchev–Trinajstić information content (AvgIpc) is 2.17. The minimum atomic E-state index is 0.489. The number of aryl methyl sites for hydroxylation is 1. The van der Waals surface area contributed by atoms with Crippen LogP contribution in [0, 0.1) is 11.3 Å². The smallest absolute Gasteiger partial charge is 0.142 e. The molecule has 1 aliphatic rings. The number of nitrogens with zero attached hydrogens (tertiary/aromatic N) is 2. The Kier molecular flexibility index (Phi) is 1.67. The number of rotatable bonds is 0. The zero-order valence-corrected chi connectivity index (χ0v) is 6.67. The molecule has 0 aromatic carbocycles. The van der Waals surface area contributed by atoms with Crippen LogP contribution in [0.4, 0.5) is 5.82 Å². The van der Waals surface area contributed by atoms with Crippen molar-refractivity contribution in [3.63, 3.8) is 0 Å².